The van der Waals surface area contributed by atoms with Gasteiger partial charge in [0.25, 0.3) is 0 Å². The summed E-state index contributed by atoms with van der Waals surface area (Å²) < 4.78 is 15.6. The van der Waals surface area contributed by atoms with Crippen LogP contribution in [0.1, 0.15) is 34.4 Å². The average Bonchev–Trinajstić information content (AvgIpc) is 3.19. The minimum atomic E-state index is -0.483. The van der Waals surface area contributed by atoms with Gasteiger partial charge in [0.2, 0.25) is 5.91 Å². The van der Waals surface area contributed by atoms with Crippen LogP contribution in [0.25, 0.3) is 0 Å². The van der Waals surface area contributed by atoms with E-state index in [-0.39, 0.29) is 18.2 Å². The topological polar surface area (TPSA) is 78.0 Å². The zero-order valence-electron chi connectivity index (χ0n) is 16.3. The molecular formula is C20H26N2O5S. The van der Waals surface area contributed by atoms with Crippen molar-refractivity contribution in [2.24, 2.45) is 0 Å². The first-order valence-corrected chi connectivity index (χ1v) is 10.0. The van der Waals surface area contributed by atoms with Gasteiger partial charge in [-0.1, -0.05) is 30.3 Å². The quantitative estimate of drug-likeness (QED) is 0.398. The maximum Gasteiger partial charge on any atom is 0.357 e. The van der Waals surface area contributed by atoms with Crippen molar-refractivity contribution in [1.29, 1.82) is 0 Å². The third-order valence-electron chi connectivity index (χ3n) is 3.88. The van der Waals surface area contributed by atoms with E-state index < -0.39 is 5.97 Å². The number of aromatic nitrogens is 1. The summed E-state index contributed by atoms with van der Waals surface area (Å²) in [6.07, 6.45) is 0.716. The summed E-state index contributed by atoms with van der Waals surface area (Å²) in [5, 5.41) is 2.31. The molecule has 1 heterocycles. The highest BCUT2D eigenvalue weighted by Gasteiger charge is 2.18. The van der Waals surface area contributed by atoms with E-state index in [2.05, 4.69) is 9.72 Å². The first-order chi connectivity index (χ1) is 13.6. The number of nitrogens with zero attached hydrogens (tertiary/aromatic N) is 2. The number of ether oxygens (including phenoxy) is 3. The summed E-state index contributed by atoms with van der Waals surface area (Å²) in [6, 6.07) is 9.71. The van der Waals surface area contributed by atoms with Gasteiger partial charge in [-0.25, -0.2) is 9.78 Å². The van der Waals surface area contributed by atoms with Crippen LogP contribution in [0.15, 0.2) is 35.7 Å². The van der Waals surface area contributed by atoms with E-state index in [0.29, 0.717) is 44.3 Å². The highest BCUT2D eigenvalue weighted by atomic mass is 32.1. The standard InChI is InChI=1S/C20H26N2O5S/c1-3-26-11-7-10-22(12-18-21-17(15-28-18)20(24)25-2)19(23)14-27-13-16-8-5-4-6-9-16/h4-6,8-9,15H,3,7,10-14H2,1-2H3. The SMILES string of the molecule is CCOCCCN(Cc1nc(C(=O)OC)cs1)C(=O)COCc1ccccc1. The molecule has 1 aromatic carbocycles. The van der Waals surface area contributed by atoms with E-state index in [1.54, 1.807) is 10.3 Å². The van der Waals surface area contributed by atoms with Crippen molar-refractivity contribution in [1.82, 2.24) is 9.88 Å². The third-order valence-corrected chi connectivity index (χ3v) is 4.72. The van der Waals surface area contributed by atoms with E-state index >= 15 is 0 Å². The molecular weight excluding hydrogens is 380 g/mol. The summed E-state index contributed by atoms with van der Waals surface area (Å²) in [4.78, 5) is 30.2. The Kier molecular flexibility index (Phi) is 9.61. The van der Waals surface area contributed by atoms with Gasteiger partial charge in [-0.15, -0.1) is 11.3 Å². The predicted octanol–water partition coefficient (Wildman–Crippen LogP) is 2.90. The molecule has 0 bridgehead atoms. The monoisotopic (exact) mass is 406 g/mol. The van der Waals surface area contributed by atoms with Crippen molar-refractivity contribution in [3.05, 3.63) is 52.0 Å². The Bertz CT molecular complexity index is 735. The second kappa shape index (κ2) is 12.2. The number of esters is 1. The van der Waals surface area contributed by atoms with Crippen molar-refractivity contribution >= 4 is 23.2 Å². The van der Waals surface area contributed by atoms with Crippen LogP contribution in [0.3, 0.4) is 0 Å². The van der Waals surface area contributed by atoms with Crippen molar-refractivity contribution in [3.8, 4) is 0 Å². The molecule has 0 N–H and O–H groups in total. The molecule has 0 atom stereocenters. The lowest BCUT2D eigenvalue weighted by atomic mass is 10.2. The van der Waals surface area contributed by atoms with Crippen LogP contribution in [0.4, 0.5) is 0 Å². The third kappa shape index (κ3) is 7.38. The molecule has 8 heteroatoms. The number of methoxy groups -OCH3 is 1. The first kappa shape index (κ1) is 22.0. The largest absolute Gasteiger partial charge is 0.464 e. The molecule has 1 amide bonds. The summed E-state index contributed by atoms with van der Waals surface area (Å²) in [7, 11) is 1.31. The van der Waals surface area contributed by atoms with E-state index in [1.807, 2.05) is 37.3 Å². The molecule has 152 valence electrons. The number of carbonyl (C=O) groups is 2. The molecule has 28 heavy (non-hydrogen) atoms. The summed E-state index contributed by atoms with van der Waals surface area (Å²) in [5.74, 6) is -0.606. The number of hydrogen-bond donors (Lipinski definition) is 0. The number of benzene rings is 1. The fourth-order valence-electron chi connectivity index (χ4n) is 2.46. The van der Waals surface area contributed by atoms with E-state index in [1.165, 1.54) is 18.4 Å². The highest BCUT2D eigenvalue weighted by molar-refractivity contribution is 7.09. The van der Waals surface area contributed by atoms with Crippen LogP contribution in [0.2, 0.25) is 0 Å². The summed E-state index contributed by atoms with van der Waals surface area (Å²) in [6.45, 7) is 4.37. The van der Waals surface area contributed by atoms with E-state index in [4.69, 9.17) is 9.47 Å². The van der Waals surface area contributed by atoms with Gasteiger partial charge in [0.15, 0.2) is 5.69 Å². The van der Waals surface area contributed by atoms with Gasteiger partial charge in [-0.05, 0) is 18.9 Å². The summed E-state index contributed by atoms with van der Waals surface area (Å²) in [5.41, 5.74) is 1.27. The molecule has 0 saturated heterocycles. The van der Waals surface area contributed by atoms with Crippen molar-refractivity contribution in [3.63, 3.8) is 0 Å². The molecule has 1 aromatic heterocycles. The normalized spacial score (nSPS) is 10.6. The molecule has 0 radical (unpaired) electrons. The average molecular weight is 407 g/mol. The fraction of sp³-hybridized carbons (Fsp3) is 0.450. The molecule has 0 aliphatic rings. The Labute approximate surface area is 169 Å². The Morgan fingerprint density at radius 2 is 1.96 bits per heavy atom. The van der Waals surface area contributed by atoms with Gasteiger partial charge in [0.05, 0.1) is 20.3 Å². The number of rotatable bonds is 12. The second-order valence-corrected chi connectivity index (χ2v) is 6.90. The molecule has 2 rings (SSSR count). The maximum atomic E-state index is 12.6. The lowest BCUT2D eigenvalue weighted by Crippen LogP contribution is -2.35. The van der Waals surface area contributed by atoms with Gasteiger partial charge in [0.1, 0.15) is 11.6 Å². The van der Waals surface area contributed by atoms with Crippen molar-refractivity contribution < 1.29 is 23.8 Å². The minimum Gasteiger partial charge on any atom is -0.464 e. The fourth-order valence-corrected chi connectivity index (χ4v) is 3.24. The lowest BCUT2D eigenvalue weighted by molar-refractivity contribution is -0.137. The molecule has 0 unspecified atom stereocenters. The number of carbonyl (C=O) groups excluding carboxylic acids is 2. The van der Waals surface area contributed by atoms with Gasteiger partial charge >= 0.3 is 5.97 Å². The Morgan fingerprint density at radius 1 is 1.18 bits per heavy atom. The van der Waals surface area contributed by atoms with Crippen LogP contribution in [0.5, 0.6) is 0 Å². The molecule has 0 aliphatic carbocycles. The number of hydrogen-bond acceptors (Lipinski definition) is 7. The lowest BCUT2D eigenvalue weighted by Gasteiger charge is -2.21. The minimum absolute atomic E-state index is 0.0151. The van der Waals surface area contributed by atoms with Crippen LogP contribution >= 0.6 is 11.3 Å². The van der Waals surface area contributed by atoms with Gasteiger partial charge in [0, 0.05) is 25.1 Å². The number of amides is 1. The molecule has 0 spiro atoms. The van der Waals surface area contributed by atoms with Crippen LogP contribution < -0.4 is 0 Å². The maximum absolute atomic E-state index is 12.6. The summed E-state index contributed by atoms with van der Waals surface area (Å²) >= 11 is 1.33. The van der Waals surface area contributed by atoms with Crippen molar-refractivity contribution in [2.75, 3.05) is 33.5 Å². The van der Waals surface area contributed by atoms with Gasteiger partial charge in [-0.2, -0.15) is 0 Å². The van der Waals surface area contributed by atoms with Gasteiger partial charge in [-0.3, -0.25) is 4.79 Å². The van der Waals surface area contributed by atoms with Gasteiger partial charge < -0.3 is 19.1 Å². The van der Waals surface area contributed by atoms with E-state index in [9.17, 15) is 9.59 Å². The second-order valence-electron chi connectivity index (χ2n) is 5.96. The van der Waals surface area contributed by atoms with Crippen molar-refractivity contribution in [2.45, 2.75) is 26.5 Å². The van der Waals surface area contributed by atoms with Crippen LogP contribution in [0, 0.1) is 0 Å². The molecule has 2 aromatic rings. The Hall–Kier alpha value is -2.29. The predicted molar refractivity (Wildman–Crippen MR) is 106 cm³/mol. The zero-order valence-corrected chi connectivity index (χ0v) is 17.1. The Morgan fingerprint density at radius 3 is 2.68 bits per heavy atom. The zero-order chi connectivity index (χ0) is 20.2. The van der Waals surface area contributed by atoms with Crippen LogP contribution in [-0.2, 0) is 32.2 Å². The number of thiazole rings is 1. The Balaban J connectivity index is 1.92. The molecule has 0 fully saturated rings. The highest BCUT2D eigenvalue weighted by Crippen LogP contribution is 2.14. The molecule has 0 saturated carbocycles. The van der Waals surface area contributed by atoms with Crippen LogP contribution in [-0.4, -0.2) is 55.2 Å². The van der Waals surface area contributed by atoms with E-state index in [0.717, 1.165) is 5.56 Å². The smallest absolute Gasteiger partial charge is 0.357 e. The first-order valence-electron chi connectivity index (χ1n) is 9.14. The molecule has 0 aliphatic heterocycles. The molecule has 7 nitrogen and oxygen atoms in total.